The van der Waals surface area contributed by atoms with Crippen LogP contribution < -0.4 is 20.1 Å². The summed E-state index contributed by atoms with van der Waals surface area (Å²) in [5.74, 6) is 0.320. The largest absolute Gasteiger partial charge is 0.497 e. The highest BCUT2D eigenvalue weighted by Gasteiger charge is 2.11. The van der Waals surface area contributed by atoms with Crippen molar-refractivity contribution < 1.29 is 24.2 Å². The third-order valence-electron chi connectivity index (χ3n) is 4.74. The summed E-state index contributed by atoms with van der Waals surface area (Å²) in [6.07, 6.45) is 0. The number of benzene rings is 3. The van der Waals surface area contributed by atoms with Crippen LogP contribution in [0.25, 0.3) is 10.9 Å². The van der Waals surface area contributed by atoms with Crippen molar-refractivity contribution in [3.05, 3.63) is 72.8 Å². The minimum absolute atomic E-state index is 0.169. The summed E-state index contributed by atoms with van der Waals surface area (Å²) in [6, 6.07) is 20.2. The Balaban J connectivity index is 1.27. The zero-order valence-electron chi connectivity index (χ0n) is 18.1. The second-order valence-electron chi connectivity index (χ2n) is 7.08. The van der Waals surface area contributed by atoms with Crippen LogP contribution in [0.2, 0.25) is 0 Å². The molecule has 0 spiro atoms. The van der Waals surface area contributed by atoms with Crippen molar-refractivity contribution in [2.75, 3.05) is 24.4 Å². The zero-order chi connectivity index (χ0) is 23.9. The molecule has 172 valence electrons. The summed E-state index contributed by atoms with van der Waals surface area (Å²) in [5.41, 5.74) is 2.03. The van der Waals surface area contributed by atoms with Gasteiger partial charge in [0.2, 0.25) is 5.88 Å². The number of amides is 3. The monoisotopic (exact) mass is 459 g/mol. The van der Waals surface area contributed by atoms with E-state index in [2.05, 4.69) is 25.8 Å². The number of ether oxygens (including phenoxy) is 2. The molecule has 4 N–H and O–H groups in total. The number of urea groups is 1. The predicted molar refractivity (Wildman–Crippen MR) is 127 cm³/mol. The number of fused-ring (bicyclic) bond motifs is 1. The molecule has 0 aliphatic rings. The number of methoxy groups -OCH3 is 1. The fourth-order valence-corrected chi connectivity index (χ4v) is 3.10. The fourth-order valence-electron chi connectivity index (χ4n) is 3.10. The van der Waals surface area contributed by atoms with Gasteiger partial charge in [0.15, 0.2) is 12.3 Å². The van der Waals surface area contributed by atoms with Gasteiger partial charge in [-0.25, -0.2) is 4.79 Å². The summed E-state index contributed by atoms with van der Waals surface area (Å²) in [4.78, 5) is 26.9. The van der Waals surface area contributed by atoms with Crippen molar-refractivity contribution >= 4 is 39.9 Å². The van der Waals surface area contributed by atoms with Gasteiger partial charge in [-0.05, 0) is 54.6 Å². The molecule has 0 radical (unpaired) electrons. The molecule has 3 amide bonds. The number of nitrogens with zero attached hydrogens (tertiary/aromatic N) is 2. The Morgan fingerprint density at radius 2 is 1.53 bits per heavy atom. The van der Waals surface area contributed by atoms with Crippen LogP contribution in [0.1, 0.15) is 0 Å². The van der Waals surface area contributed by atoms with Crippen LogP contribution in [0.15, 0.2) is 83.0 Å². The first-order valence-corrected chi connectivity index (χ1v) is 10.2. The molecule has 4 rings (SSSR count). The number of rotatable bonds is 7. The van der Waals surface area contributed by atoms with Gasteiger partial charge in [0, 0.05) is 16.8 Å². The number of H-pyrrole nitrogens is 1. The molecule has 1 aromatic heterocycles. The summed E-state index contributed by atoms with van der Waals surface area (Å²) in [5, 5.41) is 23.5. The Hall–Kier alpha value is -4.86. The van der Waals surface area contributed by atoms with E-state index in [1.54, 1.807) is 73.8 Å². The molecule has 1 heterocycles. The molecule has 0 saturated heterocycles. The van der Waals surface area contributed by atoms with E-state index < -0.39 is 11.9 Å². The Morgan fingerprint density at radius 1 is 0.912 bits per heavy atom. The quantitative estimate of drug-likeness (QED) is 0.281. The van der Waals surface area contributed by atoms with Crippen molar-refractivity contribution in [1.82, 2.24) is 4.98 Å². The molecule has 0 saturated carbocycles. The predicted octanol–water partition coefficient (Wildman–Crippen LogP) is 5.22. The number of hydrogen-bond acceptors (Lipinski definition) is 6. The molecular weight excluding hydrogens is 438 g/mol. The van der Waals surface area contributed by atoms with E-state index in [1.165, 1.54) is 0 Å². The molecule has 4 aromatic rings. The van der Waals surface area contributed by atoms with Crippen LogP contribution in [0, 0.1) is 0 Å². The molecule has 0 fully saturated rings. The SMILES string of the molecule is COc1ccc(NC(=O)Nc2ccc(OCC(=O)N=Nc3c(O)[nH]c4ccccc34)cc2)cc1. The van der Waals surface area contributed by atoms with Gasteiger partial charge in [0.05, 0.1) is 12.6 Å². The lowest BCUT2D eigenvalue weighted by atomic mass is 10.2. The van der Waals surface area contributed by atoms with Gasteiger partial charge in [-0.15, -0.1) is 10.2 Å². The van der Waals surface area contributed by atoms with Crippen LogP contribution in [0.3, 0.4) is 0 Å². The maximum atomic E-state index is 12.1. The lowest BCUT2D eigenvalue weighted by molar-refractivity contribution is -0.120. The summed E-state index contributed by atoms with van der Waals surface area (Å²) < 4.78 is 10.5. The summed E-state index contributed by atoms with van der Waals surface area (Å²) >= 11 is 0. The number of aromatic amines is 1. The van der Waals surface area contributed by atoms with Gasteiger partial charge in [0.1, 0.15) is 11.5 Å². The van der Waals surface area contributed by atoms with Crippen molar-refractivity contribution in [3.8, 4) is 17.4 Å². The lowest BCUT2D eigenvalue weighted by Gasteiger charge is -2.09. The number of aromatic nitrogens is 1. The van der Waals surface area contributed by atoms with Crippen molar-refractivity contribution in [2.24, 2.45) is 10.2 Å². The molecule has 3 aromatic carbocycles. The molecule has 34 heavy (non-hydrogen) atoms. The molecule has 0 aliphatic heterocycles. The number of para-hydroxylation sites is 1. The van der Waals surface area contributed by atoms with Crippen LogP contribution in [0.5, 0.6) is 17.4 Å². The first-order chi connectivity index (χ1) is 16.5. The Bertz CT molecular complexity index is 1330. The molecular formula is C24H21N5O5. The Labute approximate surface area is 194 Å². The van der Waals surface area contributed by atoms with Gasteiger partial charge in [-0.1, -0.05) is 18.2 Å². The average molecular weight is 459 g/mol. The minimum atomic E-state index is -0.620. The smallest absolute Gasteiger partial charge is 0.323 e. The van der Waals surface area contributed by atoms with Gasteiger partial charge in [-0.2, -0.15) is 0 Å². The Kier molecular flexibility index (Phi) is 6.68. The Morgan fingerprint density at radius 3 is 2.18 bits per heavy atom. The average Bonchev–Trinajstić information content (AvgIpc) is 3.17. The highest BCUT2D eigenvalue weighted by molar-refractivity contribution is 5.99. The third-order valence-corrected chi connectivity index (χ3v) is 4.74. The standard InChI is InChI=1S/C24H21N5O5/c1-33-17-10-6-15(7-11-17)25-24(32)26-16-8-12-18(13-9-16)34-14-21(30)28-29-22-19-4-2-3-5-20(19)27-23(22)31/h2-13,27,31H,14H2,1H3,(H2,25,26,32). The molecule has 0 bridgehead atoms. The second kappa shape index (κ2) is 10.2. The topological polar surface area (TPSA) is 137 Å². The highest BCUT2D eigenvalue weighted by Crippen LogP contribution is 2.35. The zero-order valence-corrected chi connectivity index (χ0v) is 18.1. The van der Waals surface area contributed by atoms with E-state index in [9.17, 15) is 14.7 Å². The summed E-state index contributed by atoms with van der Waals surface area (Å²) in [6.45, 7) is -0.336. The molecule has 10 heteroatoms. The minimum Gasteiger partial charge on any atom is -0.497 e. The van der Waals surface area contributed by atoms with Crippen molar-refractivity contribution in [3.63, 3.8) is 0 Å². The molecule has 0 atom stereocenters. The van der Waals surface area contributed by atoms with E-state index in [-0.39, 0.29) is 18.2 Å². The number of carbonyl (C=O) groups is 2. The van der Waals surface area contributed by atoms with E-state index in [4.69, 9.17) is 9.47 Å². The number of carbonyl (C=O) groups excluding carboxylic acids is 2. The van der Waals surface area contributed by atoms with Crippen LogP contribution in [0.4, 0.5) is 21.9 Å². The molecule has 10 nitrogen and oxygen atoms in total. The molecule has 0 unspecified atom stereocenters. The van der Waals surface area contributed by atoms with Crippen molar-refractivity contribution in [2.45, 2.75) is 0 Å². The first-order valence-electron chi connectivity index (χ1n) is 10.2. The van der Waals surface area contributed by atoms with E-state index in [0.29, 0.717) is 33.8 Å². The van der Waals surface area contributed by atoms with E-state index in [1.807, 2.05) is 6.07 Å². The van der Waals surface area contributed by atoms with E-state index in [0.717, 1.165) is 0 Å². The van der Waals surface area contributed by atoms with Crippen molar-refractivity contribution in [1.29, 1.82) is 0 Å². The maximum Gasteiger partial charge on any atom is 0.323 e. The van der Waals surface area contributed by atoms with Crippen LogP contribution in [-0.2, 0) is 4.79 Å². The fraction of sp³-hybridized carbons (Fsp3) is 0.0833. The third kappa shape index (κ3) is 5.49. The second-order valence-corrected chi connectivity index (χ2v) is 7.08. The maximum absolute atomic E-state index is 12.1. The first kappa shape index (κ1) is 22.3. The van der Waals surface area contributed by atoms with Gasteiger partial charge < -0.3 is 30.2 Å². The number of hydrogen-bond donors (Lipinski definition) is 4. The van der Waals surface area contributed by atoms with Crippen LogP contribution >= 0.6 is 0 Å². The number of anilines is 2. The van der Waals surface area contributed by atoms with E-state index >= 15 is 0 Å². The highest BCUT2D eigenvalue weighted by atomic mass is 16.5. The van der Waals surface area contributed by atoms with Gasteiger partial charge in [0.25, 0.3) is 0 Å². The number of aromatic hydroxyl groups is 1. The normalized spacial score (nSPS) is 10.9. The van der Waals surface area contributed by atoms with Gasteiger partial charge in [-0.3, -0.25) is 4.79 Å². The number of nitrogens with one attached hydrogen (secondary N) is 3. The molecule has 0 aliphatic carbocycles. The van der Waals surface area contributed by atoms with Gasteiger partial charge >= 0.3 is 11.9 Å². The lowest BCUT2D eigenvalue weighted by Crippen LogP contribution is -2.19. The van der Waals surface area contributed by atoms with Crippen LogP contribution in [-0.4, -0.2) is 35.7 Å². The number of azo groups is 1. The summed E-state index contributed by atoms with van der Waals surface area (Å²) in [7, 11) is 1.57.